The second-order valence-electron chi connectivity index (χ2n) is 6.58. The summed E-state index contributed by atoms with van der Waals surface area (Å²) in [5.74, 6) is 0. The number of pyridine rings is 2. The first-order valence-corrected chi connectivity index (χ1v) is 10.3. The average Bonchev–Trinajstić information content (AvgIpc) is 2.78. The van der Waals surface area contributed by atoms with E-state index in [9.17, 15) is 0 Å². The fourth-order valence-electron chi connectivity index (χ4n) is 2.90. The van der Waals surface area contributed by atoms with Crippen LogP contribution in [0.3, 0.4) is 0 Å². The van der Waals surface area contributed by atoms with Gasteiger partial charge in [0.1, 0.15) is 0 Å². The molecule has 3 heterocycles. The van der Waals surface area contributed by atoms with E-state index < -0.39 is 0 Å². The molecule has 8 nitrogen and oxygen atoms in total. The topological polar surface area (TPSA) is 81.2 Å². The SMILES string of the molecule is c1cnc2c(c1)COCCOCCOCCOCCOCCOCc1cccnc1-2. The van der Waals surface area contributed by atoms with Gasteiger partial charge in [-0.05, 0) is 12.1 Å². The van der Waals surface area contributed by atoms with Crippen molar-refractivity contribution in [2.75, 3.05) is 66.1 Å². The highest BCUT2D eigenvalue weighted by atomic mass is 16.6. The molecule has 0 spiro atoms. The van der Waals surface area contributed by atoms with Gasteiger partial charge in [0.2, 0.25) is 0 Å². The van der Waals surface area contributed by atoms with Crippen LogP contribution in [0.25, 0.3) is 11.4 Å². The summed E-state index contributed by atoms with van der Waals surface area (Å²) in [4.78, 5) is 9.10. The van der Waals surface area contributed by atoms with Gasteiger partial charge in [-0.25, -0.2) is 0 Å². The van der Waals surface area contributed by atoms with Gasteiger partial charge in [-0.2, -0.15) is 0 Å². The highest BCUT2D eigenvalue weighted by Gasteiger charge is 2.12. The molecule has 0 atom stereocenters. The molecule has 0 fully saturated rings. The Hall–Kier alpha value is -1.94. The lowest BCUT2D eigenvalue weighted by Gasteiger charge is -2.13. The summed E-state index contributed by atoms with van der Waals surface area (Å²) < 4.78 is 33.6. The quantitative estimate of drug-likeness (QED) is 0.645. The molecule has 2 aromatic rings. The summed E-state index contributed by atoms with van der Waals surface area (Å²) in [5.41, 5.74) is 3.57. The zero-order valence-corrected chi connectivity index (χ0v) is 17.3. The van der Waals surface area contributed by atoms with E-state index in [0.29, 0.717) is 79.3 Å². The maximum Gasteiger partial charge on any atom is 0.0945 e. The van der Waals surface area contributed by atoms with Crippen LogP contribution < -0.4 is 0 Å². The molecule has 164 valence electrons. The number of fused-ring (bicyclic) bond motifs is 3. The number of hydrogen-bond acceptors (Lipinski definition) is 8. The highest BCUT2D eigenvalue weighted by molar-refractivity contribution is 5.62. The lowest BCUT2D eigenvalue weighted by atomic mass is 10.1. The predicted octanol–water partition coefficient (Wildman–Crippen LogP) is 2.26. The van der Waals surface area contributed by atoms with E-state index in [1.54, 1.807) is 12.4 Å². The van der Waals surface area contributed by atoms with Crippen molar-refractivity contribution in [1.82, 2.24) is 9.97 Å². The van der Waals surface area contributed by atoms with Gasteiger partial charge in [0.25, 0.3) is 0 Å². The Morgan fingerprint density at radius 1 is 0.467 bits per heavy atom. The molecule has 0 saturated carbocycles. The van der Waals surface area contributed by atoms with Crippen molar-refractivity contribution in [2.24, 2.45) is 0 Å². The smallest absolute Gasteiger partial charge is 0.0945 e. The Bertz CT molecular complexity index is 669. The summed E-state index contributed by atoms with van der Waals surface area (Å²) in [5, 5.41) is 0. The summed E-state index contributed by atoms with van der Waals surface area (Å²) in [7, 11) is 0. The molecule has 0 bridgehead atoms. The predicted molar refractivity (Wildman–Crippen MR) is 110 cm³/mol. The van der Waals surface area contributed by atoms with E-state index in [2.05, 4.69) is 9.97 Å². The third-order valence-corrected chi connectivity index (χ3v) is 4.38. The summed E-state index contributed by atoms with van der Waals surface area (Å²) in [6.07, 6.45) is 3.53. The average molecular weight is 418 g/mol. The number of hydrogen-bond donors (Lipinski definition) is 0. The molecule has 30 heavy (non-hydrogen) atoms. The van der Waals surface area contributed by atoms with Gasteiger partial charge in [-0.1, -0.05) is 12.1 Å². The molecule has 0 N–H and O–H groups in total. The van der Waals surface area contributed by atoms with Crippen LogP contribution in [-0.4, -0.2) is 76.0 Å². The molecule has 1 aliphatic rings. The third-order valence-electron chi connectivity index (χ3n) is 4.38. The standard InChI is InChI=1S/C22H30N2O6/c1-3-19-17-29-15-13-27-11-9-25-7-8-26-10-12-28-14-16-30-18-20-4-2-6-24-22(20)21(19)23-5-1/h1-6H,7-18H2. The second kappa shape index (κ2) is 14.1. The van der Waals surface area contributed by atoms with Crippen LogP contribution in [0.1, 0.15) is 11.1 Å². The Morgan fingerprint density at radius 2 is 0.800 bits per heavy atom. The lowest BCUT2D eigenvalue weighted by Crippen LogP contribution is -2.14. The molecule has 0 radical (unpaired) electrons. The first-order valence-electron chi connectivity index (χ1n) is 10.3. The van der Waals surface area contributed by atoms with E-state index in [-0.39, 0.29) is 0 Å². The minimum absolute atomic E-state index is 0.436. The molecule has 0 saturated heterocycles. The number of ether oxygens (including phenoxy) is 6. The van der Waals surface area contributed by atoms with Crippen LogP contribution in [0.2, 0.25) is 0 Å². The Morgan fingerprint density at radius 3 is 1.17 bits per heavy atom. The Balaban J connectivity index is 1.62. The molecule has 2 aromatic heterocycles. The Labute approximate surface area is 177 Å². The maximum atomic E-state index is 5.79. The minimum Gasteiger partial charge on any atom is -0.377 e. The van der Waals surface area contributed by atoms with Crippen molar-refractivity contribution in [2.45, 2.75) is 13.2 Å². The molecular formula is C22H30N2O6. The van der Waals surface area contributed by atoms with Crippen molar-refractivity contribution in [3.8, 4) is 11.4 Å². The molecule has 0 unspecified atom stereocenters. The van der Waals surface area contributed by atoms with Gasteiger partial charge in [0.05, 0.1) is 90.7 Å². The molecule has 1 aliphatic heterocycles. The van der Waals surface area contributed by atoms with Crippen molar-refractivity contribution in [1.29, 1.82) is 0 Å². The van der Waals surface area contributed by atoms with Gasteiger partial charge in [-0.3, -0.25) is 9.97 Å². The van der Waals surface area contributed by atoms with E-state index in [1.807, 2.05) is 24.3 Å². The fraction of sp³-hybridized carbons (Fsp3) is 0.545. The van der Waals surface area contributed by atoms with Crippen molar-refractivity contribution >= 4 is 0 Å². The number of aromatic nitrogens is 2. The van der Waals surface area contributed by atoms with Gasteiger partial charge < -0.3 is 28.4 Å². The molecule has 3 rings (SSSR count). The Kier molecular flexibility index (Phi) is 10.7. The fourth-order valence-corrected chi connectivity index (χ4v) is 2.90. The van der Waals surface area contributed by atoms with E-state index in [4.69, 9.17) is 28.4 Å². The van der Waals surface area contributed by atoms with Gasteiger partial charge in [0.15, 0.2) is 0 Å². The largest absolute Gasteiger partial charge is 0.377 e. The minimum atomic E-state index is 0.436. The molecule has 8 heteroatoms. The first-order chi connectivity index (χ1) is 14.9. The third kappa shape index (κ3) is 8.06. The molecule has 0 aromatic carbocycles. The van der Waals surface area contributed by atoms with Crippen LogP contribution in [0, 0.1) is 0 Å². The van der Waals surface area contributed by atoms with Crippen LogP contribution >= 0.6 is 0 Å². The summed E-state index contributed by atoms with van der Waals surface area (Å²) >= 11 is 0. The van der Waals surface area contributed by atoms with Gasteiger partial charge in [0, 0.05) is 23.5 Å². The first kappa shape index (κ1) is 22.7. The van der Waals surface area contributed by atoms with Crippen LogP contribution in [0.5, 0.6) is 0 Å². The number of rotatable bonds is 0. The van der Waals surface area contributed by atoms with Crippen LogP contribution in [0.4, 0.5) is 0 Å². The van der Waals surface area contributed by atoms with E-state index >= 15 is 0 Å². The monoisotopic (exact) mass is 418 g/mol. The second-order valence-corrected chi connectivity index (χ2v) is 6.58. The molecule has 0 aliphatic carbocycles. The van der Waals surface area contributed by atoms with Gasteiger partial charge >= 0.3 is 0 Å². The van der Waals surface area contributed by atoms with Crippen molar-refractivity contribution in [3.05, 3.63) is 47.8 Å². The number of nitrogens with zero attached hydrogens (tertiary/aromatic N) is 2. The zero-order valence-electron chi connectivity index (χ0n) is 17.3. The molecule has 0 amide bonds. The van der Waals surface area contributed by atoms with E-state index in [0.717, 1.165) is 22.5 Å². The van der Waals surface area contributed by atoms with Crippen molar-refractivity contribution in [3.63, 3.8) is 0 Å². The lowest BCUT2D eigenvalue weighted by molar-refractivity contribution is -0.0186. The summed E-state index contributed by atoms with van der Waals surface area (Å²) in [6, 6.07) is 7.82. The van der Waals surface area contributed by atoms with Crippen molar-refractivity contribution < 1.29 is 28.4 Å². The maximum absolute atomic E-state index is 5.79. The highest BCUT2D eigenvalue weighted by Crippen LogP contribution is 2.24. The van der Waals surface area contributed by atoms with Crippen LogP contribution in [0.15, 0.2) is 36.7 Å². The normalized spacial score (nSPS) is 18.9. The summed E-state index contributed by atoms with van der Waals surface area (Å²) in [6.45, 7) is 6.09. The van der Waals surface area contributed by atoms with Crippen LogP contribution in [-0.2, 0) is 41.6 Å². The molecular weight excluding hydrogens is 388 g/mol. The van der Waals surface area contributed by atoms with E-state index in [1.165, 1.54) is 0 Å². The zero-order chi connectivity index (χ0) is 20.7. The van der Waals surface area contributed by atoms with Gasteiger partial charge in [-0.15, -0.1) is 0 Å².